The Morgan fingerprint density at radius 2 is 1.89 bits per heavy atom. The summed E-state index contributed by atoms with van der Waals surface area (Å²) in [6, 6.07) is 16.2. The Balaban J connectivity index is 1.49. The molecule has 1 saturated carbocycles. The van der Waals surface area contributed by atoms with Crippen molar-refractivity contribution in [2.45, 2.75) is 38.5 Å². The van der Waals surface area contributed by atoms with Gasteiger partial charge in [-0.15, -0.1) is 0 Å². The lowest BCUT2D eigenvalue weighted by atomic mass is 9.96. The van der Waals surface area contributed by atoms with Gasteiger partial charge < -0.3 is 16.0 Å². The zero-order valence-electron chi connectivity index (χ0n) is 16.7. The summed E-state index contributed by atoms with van der Waals surface area (Å²) < 4.78 is 0. The number of hydrogen-bond acceptors (Lipinski definition) is 3. The third kappa shape index (κ3) is 5.55. The number of amides is 1. The maximum Gasteiger partial charge on any atom is 0.227 e. The molecule has 2 aromatic rings. The van der Waals surface area contributed by atoms with Gasteiger partial charge in [-0.05, 0) is 44.4 Å². The maximum atomic E-state index is 12.1. The van der Waals surface area contributed by atoms with Gasteiger partial charge in [0.1, 0.15) is 5.82 Å². The standard InChI is InChI=1S/C22H29N5O/c1-3-23-21(25-16-22(13-14-22)18-9-5-4-6-10-18)24-15-12-20(28)27-19-11-7-8-17(2)26-19/h4-11H,3,12-16H2,1-2H3,(H2,23,24,25)(H,26,27,28). The van der Waals surface area contributed by atoms with Crippen LogP contribution in [0.3, 0.4) is 0 Å². The summed E-state index contributed by atoms with van der Waals surface area (Å²) in [6.45, 7) is 5.99. The van der Waals surface area contributed by atoms with Crippen LogP contribution in [0.4, 0.5) is 5.82 Å². The SMILES string of the molecule is CCNC(=NCC1(c2ccccc2)CC1)NCCC(=O)Nc1cccc(C)n1. The van der Waals surface area contributed by atoms with Crippen molar-refractivity contribution in [2.24, 2.45) is 4.99 Å². The van der Waals surface area contributed by atoms with Crippen molar-refractivity contribution < 1.29 is 4.79 Å². The van der Waals surface area contributed by atoms with Crippen LogP contribution >= 0.6 is 0 Å². The van der Waals surface area contributed by atoms with Crippen LogP contribution in [0.1, 0.15) is 37.4 Å². The molecule has 28 heavy (non-hydrogen) atoms. The highest BCUT2D eigenvalue weighted by molar-refractivity contribution is 5.90. The van der Waals surface area contributed by atoms with E-state index in [1.807, 2.05) is 32.0 Å². The third-order valence-corrected chi connectivity index (χ3v) is 4.92. The van der Waals surface area contributed by atoms with Gasteiger partial charge in [-0.2, -0.15) is 0 Å². The minimum atomic E-state index is -0.0654. The Hall–Kier alpha value is -2.89. The van der Waals surface area contributed by atoms with E-state index in [0.29, 0.717) is 18.8 Å². The molecule has 0 unspecified atom stereocenters. The molecule has 148 valence electrons. The number of carbonyl (C=O) groups excluding carboxylic acids is 1. The lowest BCUT2D eigenvalue weighted by Crippen LogP contribution is -2.39. The first kappa shape index (κ1) is 19.9. The van der Waals surface area contributed by atoms with Crippen molar-refractivity contribution in [1.29, 1.82) is 0 Å². The molecule has 6 heteroatoms. The lowest BCUT2D eigenvalue weighted by molar-refractivity contribution is -0.116. The van der Waals surface area contributed by atoms with E-state index in [0.717, 1.165) is 24.7 Å². The highest BCUT2D eigenvalue weighted by Crippen LogP contribution is 2.48. The van der Waals surface area contributed by atoms with Crippen LogP contribution in [0.25, 0.3) is 0 Å². The predicted molar refractivity (Wildman–Crippen MR) is 114 cm³/mol. The Morgan fingerprint density at radius 1 is 1.11 bits per heavy atom. The zero-order valence-corrected chi connectivity index (χ0v) is 16.7. The molecule has 0 aliphatic heterocycles. The number of aliphatic imine (C=N–C) groups is 1. The Morgan fingerprint density at radius 3 is 2.57 bits per heavy atom. The smallest absolute Gasteiger partial charge is 0.227 e. The highest BCUT2D eigenvalue weighted by atomic mass is 16.1. The molecule has 1 aliphatic carbocycles. The van der Waals surface area contributed by atoms with Crippen LogP contribution < -0.4 is 16.0 Å². The molecule has 1 heterocycles. The summed E-state index contributed by atoms with van der Waals surface area (Å²) in [7, 11) is 0. The van der Waals surface area contributed by atoms with Gasteiger partial charge in [0.2, 0.25) is 5.91 Å². The number of rotatable bonds is 8. The highest BCUT2D eigenvalue weighted by Gasteiger charge is 2.43. The van der Waals surface area contributed by atoms with Crippen molar-refractivity contribution in [1.82, 2.24) is 15.6 Å². The molecule has 1 aromatic carbocycles. The van der Waals surface area contributed by atoms with Gasteiger partial charge in [0.05, 0.1) is 6.54 Å². The average molecular weight is 380 g/mol. The molecule has 3 rings (SSSR count). The number of anilines is 1. The molecule has 3 N–H and O–H groups in total. The number of guanidine groups is 1. The van der Waals surface area contributed by atoms with Crippen molar-refractivity contribution >= 4 is 17.7 Å². The maximum absolute atomic E-state index is 12.1. The van der Waals surface area contributed by atoms with E-state index in [1.54, 1.807) is 6.07 Å². The molecule has 1 aromatic heterocycles. The second-order valence-electron chi connectivity index (χ2n) is 7.23. The van der Waals surface area contributed by atoms with Gasteiger partial charge in [0.25, 0.3) is 0 Å². The summed E-state index contributed by atoms with van der Waals surface area (Å²) >= 11 is 0. The molecule has 0 saturated heterocycles. The molecule has 1 amide bonds. The number of hydrogen-bond donors (Lipinski definition) is 3. The summed E-state index contributed by atoms with van der Waals surface area (Å²) in [6.07, 6.45) is 2.70. The Kier molecular flexibility index (Phi) is 6.63. The van der Waals surface area contributed by atoms with Crippen molar-refractivity contribution in [3.05, 3.63) is 59.8 Å². The number of nitrogens with one attached hydrogen (secondary N) is 3. The van der Waals surface area contributed by atoms with Crippen molar-refractivity contribution in [3.63, 3.8) is 0 Å². The van der Waals surface area contributed by atoms with Gasteiger partial charge >= 0.3 is 0 Å². The number of nitrogens with zero attached hydrogens (tertiary/aromatic N) is 2. The van der Waals surface area contributed by atoms with Crippen molar-refractivity contribution in [2.75, 3.05) is 25.0 Å². The van der Waals surface area contributed by atoms with E-state index in [2.05, 4.69) is 45.2 Å². The minimum absolute atomic E-state index is 0.0654. The zero-order chi connectivity index (χ0) is 19.8. The van der Waals surface area contributed by atoms with E-state index in [4.69, 9.17) is 4.99 Å². The van der Waals surface area contributed by atoms with Crippen LogP contribution in [0.2, 0.25) is 0 Å². The lowest BCUT2D eigenvalue weighted by Gasteiger charge is -2.16. The fourth-order valence-electron chi connectivity index (χ4n) is 3.17. The Bertz CT molecular complexity index is 815. The Labute approximate surface area is 166 Å². The van der Waals surface area contributed by atoms with E-state index in [-0.39, 0.29) is 11.3 Å². The van der Waals surface area contributed by atoms with E-state index < -0.39 is 0 Å². The second kappa shape index (κ2) is 9.35. The number of carbonyl (C=O) groups is 1. The quantitative estimate of drug-likeness (QED) is 0.487. The number of benzene rings is 1. The summed E-state index contributed by atoms with van der Waals surface area (Å²) in [5.41, 5.74) is 2.42. The van der Waals surface area contributed by atoms with Crippen LogP contribution in [0.15, 0.2) is 53.5 Å². The molecular weight excluding hydrogens is 350 g/mol. The first-order valence-electron chi connectivity index (χ1n) is 9.92. The van der Waals surface area contributed by atoms with E-state index in [1.165, 1.54) is 18.4 Å². The predicted octanol–water partition coefficient (Wildman–Crippen LogP) is 3.01. The normalized spacial score (nSPS) is 15.0. The van der Waals surface area contributed by atoms with Gasteiger partial charge in [-0.3, -0.25) is 9.79 Å². The number of pyridine rings is 1. The first-order chi connectivity index (χ1) is 13.6. The monoisotopic (exact) mass is 379 g/mol. The third-order valence-electron chi connectivity index (χ3n) is 4.92. The van der Waals surface area contributed by atoms with Gasteiger partial charge in [-0.1, -0.05) is 36.4 Å². The van der Waals surface area contributed by atoms with Gasteiger partial charge in [0.15, 0.2) is 5.96 Å². The first-order valence-corrected chi connectivity index (χ1v) is 9.92. The molecule has 1 fully saturated rings. The second-order valence-corrected chi connectivity index (χ2v) is 7.23. The number of aromatic nitrogens is 1. The van der Waals surface area contributed by atoms with Gasteiger partial charge in [0, 0.05) is 30.6 Å². The van der Waals surface area contributed by atoms with Crippen molar-refractivity contribution in [3.8, 4) is 0 Å². The molecule has 0 radical (unpaired) electrons. The van der Waals surface area contributed by atoms with E-state index >= 15 is 0 Å². The van der Waals surface area contributed by atoms with Crippen LogP contribution in [-0.4, -0.2) is 36.5 Å². The average Bonchev–Trinajstić information content (AvgIpc) is 3.48. The fourth-order valence-corrected chi connectivity index (χ4v) is 3.17. The van der Waals surface area contributed by atoms with E-state index in [9.17, 15) is 4.79 Å². The molecule has 0 atom stereocenters. The summed E-state index contributed by atoms with van der Waals surface area (Å²) in [5.74, 6) is 1.28. The fraction of sp³-hybridized carbons (Fsp3) is 0.409. The molecular formula is C22H29N5O. The summed E-state index contributed by atoms with van der Waals surface area (Å²) in [5, 5.41) is 9.34. The largest absolute Gasteiger partial charge is 0.357 e. The van der Waals surface area contributed by atoms with Crippen LogP contribution in [0.5, 0.6) is 0 Å². The van der Waals surface area contributed by atoms with Crippen LogP contribution in [0, 0.1) is 6.92 Å². The molecule has 0 bridgehead atoms. The minimum Gasteiger partial charge on any atom is -0.357 e. The molecule has 1 aliphatic rings. The topological polar surface area (TPSA) is 78.4 Å². The molecule has 6 nitrogen and oxygen atoms in total. The molecule has 0 spiro atoms. The van der Waals surface area contributed by atoms with Gasteiger partial charge in [-0.25, -0.2) is 4.98 Å². The number of aryl methyl sites for hydroxylation is 1. The van der Waals surface area contributed by atoms with Crippen LogP contribution in [-0.2, 0) is 10.2 Å². The summed E-state index contributed by atoms with van der Waals surface area (Å²) in [4.78, 5) is 21.2.